The quantitative estimate of drug-likeness (QED) is 0.902. The predicted octanol–water partition coefficient (Wildman–Crippen LogP) is 1.86. The fourth-order valence-electron chi connectivity index (χ4n) is 2.22. The van der Waals surface area contributed by atoms with Crippen molar-refractivity contribution < 1.29 is 9.53 Å². The third-order valence-corrected chi connectivity index (χ3v) is 3.50. The summed E-state index contributed by atoms with van der Waals surface area (Å²) in [7, 11) is 1.85. The van der Waals surface area contributed by atoms with Crippen molar-refractivity contribution in [2.75, 3.05) is 33.3 Å². The molecule has 112 valence electrons. The smallest absolute Gasteiger partial charge is 0.226 e. The highest BCUT2D eigenvalue weighted by atomic mass is 35.5. The minimum absolute atomic E-state index is 0. The van der Waals surface area contributed by atoms with Crippen LogP contribution in [0.2, 0.25) is 0 Å². The molecule has 4 nitrogen and oxygen atoms in total. The van der Waals surface area contributed by atoms with E-state index in [0.717, 1.165) is 25.3 Å². The number of ether oxygens (including phenoxy) is 1. The summed E-state index contributed by atoms with van der Waals surface area (Å²) in [5.74, 6) is 1.22. The molecule has 1 atom stereocenters. The molecular weight excluding hydrogens is 276 g/mol. The number of amides is 1. The lowest BCUT2D eigenvalue weighted by Crippen LogP contribution is -2.36. The second-order valence-electron chi connectivity index (χ2n) is 5.11. The number of carbonyl (C=O) groups is 1. The Morgan fingerprint density at radius 2 is 2.10 bits per heavy atom. The van der Waals surface area contributed by atoms with Gasteiger partial charge in [-0.1, -0.05) is 17.7 Å². The molecule has 20 heavy (non-hydrogen) atoms. The third kappa shape index (κ3) is 4.69. The van der Waals surface area contributed by atoms with Crippen LogP contribution >= 0.6 is 12.4 Å². The largest absolute Gasteiger partial charge is 0.492 e. The fourth-order valence-corrected chi connectivity index (χ4v) is 2.22. The zero-order valence-electron chi connectivity index (χ0n) is 12.1. The van der Waals surface area contributed by atoms with Gasteiger partial charge < -0.3 is 15.0 Å². The molecule has 0 bridgehead atoms. The van der Waals surface area contributed by atoms with Crippen LogP contribution < -0.4 is 10.1 Å². The van der Waals surface area contributed by atoms with Crippen molar-refractivity contribution >= 4 is 18.3 Å². The number of halogens is 1. The Balaban J connectivity index is 0.00000200. The number of hydrogen-bond acceptors (Lipinski definition) is 3. The molecule has 1 aliphatic heterocycles. The van der Waals surface area contributed by atoms with Crippen LogP contribution in [0.5, 0.6) is 5.75 Å². The van der Waals surface area contributed by atoms with Gasteiger partial charge in [-0.2, -0.15) is 0 Å². The van der Waals surface area contributed by atoms with Gasteiger partial charge >= 0.3 is 0 Å². The van der Waals surface area contributed by atoms with Crippen molar-refractivity contribution in [1.82, 2.24) is 10.2 Å². The number of nitrogens with zero attached hydrogens (tertiary/aromatic N) is 1. The standard InChI is InChI=1S/C15H22N2O2.ClH/c1-12-3-5-14(6-4-12)19-10-9-17(2)15(18)13-7-8-16-11-13;/h3-6,13,16H,7-11H2,1-2H3;1H. The maximum absolute atomic E-state index is 12.1. The maximum atomic E-state index is 12.1. The van der Waals surface area contributed by atoms with Gasteiger partial charge in [0, 0.05) is 13.6 Å². The zero-order chi connectivity index (χ0) is 13.7. The van der Waals surface area contributed by atoms with Crippen LogP contribution in [-0.4, -0.2) is 44.1 Å². The minimum Gasteiger partial charge on any atom is -0.492 e. The van der Waals surface area contributed by atoms with E-state index in [1.54, 1.807) is 4.90 Å². The van der Waals surface area contributed by atoms with E-state index in [9.17, 15) is 4.79 Å². The summed E-state index contributed by atoms with van der Waals surface area (Å²) in [6.07, 6.45) is 0.946. The number of likely N-dealkylation sites (N-methyl/N-ethyl adjacent to an activating group) is 1. The van der Waals surface area contributed by atoms with Crippen molar-refractivity contribution in [3.8, 4) is 5.75 Å². The summed E-state index contributed by atoms with van der Waals surface area (Å²) >= 11 is 0. The van der Waals surface area contributed by atoms with Gasteiger partial charge in [-0.15, -0.1) is 12.4 Å². The van der Waals surface area contributed by atoms with Crippen LogP contribution in [0.1, 0.15) is 12.0 Å². The average Bonchev–Trinajstić information content (AvgIpc) is 2.94. The van der Waals surface area contributed by atoms with Gasteiger partial charge in [-0.3, -0.25) is 4.79 Å². The van der Waals surface area contributed by atoms with Gasteiger partial charge in [-0.05, 0) is 32.0 Å². The summed E-state index contributed by atoms with van der Waals surface area (Å²) in [5.41, 5.74) is 1.22. The highest BCUT2D eigenvalue weighted by Crippen LogP contribution is 2.12. The Labute approximate surface area is 126 Å². The molecule has 1 aliphatic rings. The molecule has 0 aliphatic carbocycles. The molecule has 0 saturated carbocycles. The van der Waals surface area contributed by atoms with E-state index < -0.39 is 0 Å². The van der Waals surface area contributed by atoms with E-state index in [-0.39, 0.29) is 24.2 Å². The maximum Gasteiger partial charge on any atom is 0.226 e. The SMILES string of the molecule is Cc1ccc(OCCN(C)C(=O)C2CCNC2)cc1.Cl. The van der Waals surface area contributed by atoms with E-state index in [0.29, 0.717) is 13.2 Å². The first kappa shape index (κ1) is 16.8. The minimum atomic E-state index is 0. The summed E-state index contributed by atoms with van der Waals surface area (Å²) in [4.78, 5) is 13.8. The van der Waals surface area contributed by atoms with E-state index >= 15 is 0 Å². The lowest BCUT2D eigenvalue weighted by atomic mass is 10.1. The zero-order valence-corrected chi connectivity index (χ0v) is 12.9. The third-order valence-electron chi connectivity index (χ3n) is 3.50. The summed E-state index contributed by atoms with van der Waals surface area (Å²) in [5, 5.41) is 3.22. The second kappa shape index (κ2) is 8.12. The molecule has 1 unspecified atom stereocenters. The molecular formula is C15H23ClN2O2. The molecule has 0 spiro atoms. The fraction of sp³-hybridized carbons (Fsp3) is 0.533. The number of nitrogens with one attached hydrogen (secondary N) is 1. The molecule has 1 aromatic rings. The Bertz CT molecular complexity index is 416. The van der Waals surface area contributed by atoms with Crippen LogP contribution in [0.15, 0.2) is 24.3 Å². The van der Waals surface area contributed by atoms with E-state index in [1.807, 2.05) is 38.2 Å². The first-order chi connectivity index (χ1) is 9.16. The van der Waals surface area contributed by atoms with E-state index in [4.69, 9.17) is 4.74 Å². The van der Waals surface area contributed by atoms with Gasteiger partial charge in [0.2, 0.25) is 5.91 Å². The highest BCUT2D eigenvalue weighted by molar-refractivity contribution is 5.85. The average molecular weight is 299 g/mol. The Hall–Kier alpha value is -1.26. The van der Waals surface area contributed by atoms with Crippen molar-refractivity contribution in [3.63, 3.8) is 0 Å². The van der Waals surface area contributed by atoms with E-state index in [2.05, 4.69) is 5.32 Å². The molecule has 2 rings (SSSR count). The van der Waals surface area contributed by atoms with Gasteiger partial charge in [0.25, 0.3) is 0 Å². The van der Waals surface area contributed by atoms with Crippen molar-refractivity contribution in [1.29, 1.82) is 0 Å². The highest BCUT2D eigenvalue weighted by Gasteiger charge is 2.24. The monoisotopic (exact) mass is 298 g/mol. The summed E-state index contributed by atoms with van der Waals surface area (Å²) < 4.78 is 5.63. The second-order valence-corrected chi connectivity index (χ2v) is 5.11. The first-order valence-corrected chi connectivity index (χ1v) is 6.82. The first-order valence-electron chi connectivity index (χ1n) is 6.82. The molecule has 1 N–H and O–H groups in total. The van der Waals surface area contributed by atoms with Crippen molar-refractivity contribution in [2.45, 2.75) is 13.3 Å². The summed E-state index contributed by atoms with van der Waals surface area (Å²) in [6.45, 7) is 4.96. The molecule has 1 fully saturated rings. The molecule has 1 amide bonds. The van der Waals surface area contributed by atoms with E-state index in [1.165, 1.54) is 5.56 Å². The molecule has 5 heteroatoms. The van der Waals surface area contributed by atoms with Crippen LogP contribution in [-0.2, 0) is 4.79 Å². The van der Waals surface area contributed by atoms with Crippen LogP contribution in [0.4, 0.5) is 0 Å². The number of carbonyl (C=O) groups excluding carboxylic acids is 1. The lowest BCUT2D eigenvalue weighted by molar-refractivity contribution is -0.133. The Kier molecular flexibility index (Phi) is 6.82. The Morgan fingerprint density at radius 1 is 1.40 bits per heavy atom. The van der Waals surface area contributed by atoms with Gasteiger partial charge in [0.15, 0.2) is 0 Å². The molecule has 1 aromatic carbocycles. The molecule has 0 aromatic heterocycles. The van der Waals surface area contributed by atoms with Crippen molar-refractivity contribution in [3.05, 3.63) is 29.8 Å². The number of rotatable bonds is 5. The van der Waals surface area contributed by atoms with Gasteiger partial charge in [0.05, 0.1) is 12.5 Å². The number of aryl methyl sites for hydroxylation is 1. The molecule has 1 saturated heterocycles. The van der Waals surface area contributed by atoms with Gasteiger partial charge in [0.1, 0.15) is 12.4 Å². The molecule has 0 radical (unpaired) electrons. The number of benzene rings is 1. The van der Waals surface area contributed by atoms with Crippen LogP contribution in [0.25, 0.3) is 0 Å². The number of hydrogen-bond donors (Lipinski definition) is 1. The Morgan fingerprint density at radius 3 is 2.70 bits per heavy atom. The van der Waals surface area contributed by atoms with Crippen LogP contribution in [0, 0.1) is 12.8 Å². The van der Waals surface area contributed by atoms with Crippen LogP contribution in [0.3, 0.4) is 0 Å². The topological polar surface area (TPSA) is 41.6 Å². The summed E-state index contributed by atoms with van der Waals surface area (Å²) in [6, 6.07) is 7.96. The lowest BCUT2D eigenvalue weighted by Gasteiger charge is -2.20. The van der Waals surface area contributed by atoms with Crippen molar-refractivity contribution in [2.24, 2.45) is 5.92 Å². The molecule has 1 heterocycles. The normalized spacial score (nSPS) is 17.4. The van der Waals surface area contributed by atoms with Gasteiger partial charge in [-0.25, -0.2) is 0 Å². The predicted molar refractivity (Wildman–Crippen MR) is 82.5 cm³/mol.